The van der Waals surface area contributed by atoms with E-state index in [4.69, 9.17) is 0 Å². The highest BCUT2D eigenvalue weighted by Gasteiger charge is 2.27. The Morgan fingerprint density at radius 1 is 1.29 bits per heavy atom. The van der Waals surface area contributed by atoms with Crippen LogP contribution in [0.15, 0.2) is 29.2 Å². The van der Waals surface area contributed by atoms with Gasteiger partial charge in [-0.1, -0.05) is 19.9 Å². The van der Waals surface area contributed by atoms with E-state index in [2.05, 4.69) is 34.0 Å². The first kappa shape index (κ1) is 18.7. The highest BCUT2D eigenvalue weighted by Crippen LogP contribution is 2.33. The Morgan fingerprint density at radius 3 is 2.79 bits per heavy atom. The molecule has 0 spiro atoms. The standard InChI is InChI=1S/C22H28N4O2/c1-22(2)8-7-18-16(12-22)11-17(21(28)25-18)20(27)24-14-15-5-6-19(23-13-15)26-9-3-4-10-26/h5-6,11,13H,3-4,7-10,12,14H2,1-2H3,(H,24,27)(H,25,28). The second kappa shape index (κ2) is 7.41. The normalized spacial score (nSPS) is 18.0. The number of fused-ring (bicyclic) bond motifs is 1. The predicted octanol–water partition coefficient (Wildman–Crippen LogP) is 2.82. The minimum absolute atomic E-state index is 0.193. The molecular weight excluding hydrogens is 352 g/mol. The first-order valence-corrected chi connectivity index (χ1v) is 10.1. The maximum atomic E-state index is 12.6. The SMILES string of the molecule is CC1(C)CCc2[nH]c(=O)c(C(=O)NCc3ccc(N4CCCC4)nc3)cc2C1. The van der Waals surface area contributed by atoms with Gasteiger partial charge in [-0.05, 0) is 60.8 Å². The molecule has 3 heterocycles. The Morgan fingerprint density at radius 2 is 2.07 bits per heavy atom. The molecule has 1 amide bonds. The Kier molecular flexibility index (Phi) is 4.96. The van der Waals surface area contributed by atoms with Crippen LogP contribution in [0.1, 0.15) is 60.3 Å². The average Bonchev–Trinajstić information content (AvgIpc) is 3.21. The highest BCUT2D eigenvalue weighted by atomic mass is 16.2. The number of amides is 1. The van der Waals surface area contributed by atoms with E-state index in [0.717, 1.165) is 55.0 Å². The number of anilines is 1. The van der Waals surface area contributed by atoms with E-state index < -0.39 is 0 Å². The monoisotopic (exact) mass is 380 g/mol. The Hall–Kier alpha value is -2.63. The largest absolute Gasteiger partial charge is 0.357 e. The lowest BCUT2D eigenvalue weighted by atomic mass is 9.76. The molecule has 1 saturated heterocycles. The van der Waals surface area contributed by atoms with Crippen LogP contribution >= 0.6 is 0 Å². The van der Waals surface area contributed by atoms with Crippen LogP contribution in [-0.2, 0) is 19.4 Å². The van der Waals surface area contributed by atoms with Crippen LogP contribution in [0.25, 0.3) is 0 Å². The number of carbonyl (C=O) groups is 1. The summed E-state index contributed by atoms with van der Waals surface area (Å²) in [6, 6.07) is 5.76. The maximum Gasteiger partial charge on any atom is 0.261 e. The Balaban J connectivity index is 1.43. The molecule has 0 bridgehead atoms. The van der Waals surface area contributed by atoms with Crippen LogP contribution in [0.3, 0.4) is 0 Å². The second-order valence-corrected chi connectivity index (χ2v) is 8.76. The summed E-state index contributed by atoms with van der Waals surface area (Å²) in [4.78, 5) is 34.7. The minimum atomic E-state index is -0.337. The lowest BCUT2D eigenvalue weighted by molar-refractivity contribution is 0.0949. The van der Waals surface area contributed by atoms with Gasteiger partial charge in [0.15, 0.2) is 0 Å². The van der Waals surface area contributed by atoms with E-state index in [9.17, 15) is 9.59 Å². The number of nitrogens with one attached hydrogen (secondary N) is 2. The van der Waals surface area contributed by atoms with Crippen molar-refractivity contribution in [3.05, 3.63) is 57.1 Å². The van der Waals surface area contributed by atoms with Gasteiger partial charge < -0.3 is 15.2 Å². The van der Waals surface area contributed by atoms with E-state index in [1.807, 2.05) is 12.1 Å². The third-order valence-corrected chi connectivity index (χ3v) is 5.87. The van der Waals surface area contributed by atoms with Gasteiger partial charge in [0, 0.05) is 31.5 Å². The second-order valence-electron chi connectivity index (χ2n) is 8.76. The van der Waals surface area contributed by atoms with Crippen molar-refractivity contribution in [3.8, 4) is 0 Å². The fraction of sp³-hybridized carbons (Fsp3) is 0.500. The molecule has 2 aromatic rings. The van der Waals surface area contributed by atoms with Crippen LogP contribution in [0, 0.1) is 5.41 Å². The predicted molar refractivity (Wildman–Crippen MR) is 110 cm³/mol. The first-order chi connectivity index (χ1) is 13.4. The quantitative estimate of drug-likeness (QED) is 0.855. The topological polar surface area (TPSA) is 78.1 Å². The molecule has 1 aliphatic carbocycles. The lowest BCUT2D eigenvalue weighted by Gasteiger charge is -2.31. The van der Waals surface area contributed by atoms with Gasteiger partial charge in [0.2, 0.25) is 0 Å². The number of aryl methyl sites for hydroxylation is 1. The van der Waals surface area contributed by atoms with Crippen LogP contribution in [0.2, 0.25) is 0 Å². The van der Waals surface area contributed by atoms with Crippen molar-refractivity contribution in [2.45, 2.75) is 52.5 Å². The van der Waals surface area contributed by atoms with Crippen molar-refractivity contribution in [1.29, 1.82) is 0 Å². The summed E-state index contributed by atoms with van der Waals surface area (Å²) in [5.74, 6) is 0.650. The van der Waals surface area contributed by atoms with E-state index >= 15 is 0 Å². The molecule has 28 heavy (non-hydrogen) atoms. The van der Waals surface area contributed by atoms with Crippen molar-refractivity contribution < 1.29 is 4.79 Å². The van der Waals surface area contributed by atoms with Crippen molar-refractivity contribution in [3.63, 3.8) is 0 Å². The van der Waals surface area contributed by atoms with Gasteiger partial charge in [-0.25, -0.2) is 4.98 Å². The number of hydrogen-bond donors (Lipinski definition) is 2. The number of hydrogen-bond acceptors (Lipinski definition) is 4. The number of pyridine rings is 2. The summed E-state index contributed by atoms with van der Waals surface area (Å²) in [5.41, 5.74) is 3.06. The molecule has 0 radical (unpaired) electrons. The molecule has 6 nitrogen and oxygen atoms in total. The number of nitrogens with zero attached hydrogens (tertiary/aromatic N) is 2. The molecule has 0 atom stereocenters. The van der Waals surface area contributed by atoms with Crippen LogP contribution < -0.4 is 15.8 Å². The van der Waals surface area contributed by atoms with E-state index in [-0.39, 0.29) is 22.4 Å². The molecule has 2 aliphatic rings. The molecule has 2 N–H and O–H groups in total. The Labute approximate surface area is 165 Å². The maximum absolute atomic E-state index is 12.6. The molecule has 6 heteroatoms. The van der Waals surface area contributed by atoms with Gasteiger partial charge in [-0.15, -0.1) is 0 Å². The fourth-order valence-corrected chi connectivity index (χ4v) is 4.16. The van der Waals surface area contributed by atoms with Gasteiger partial charge in [-0.2, -0.15) is 0 Å². The van der Waals surface area contributed by atoms with Crippen LogP contribution in [-0.4, -0.2) is 29.0 Å². The summed E-state index contributed by atoms with van der Waals surface area (Å²) in [7, 11) is 0. The molecule has 1 aliphatic heterocycles. The molecule has 1 fully saturated rings. The molecular formula is C22H28N4O2. The van der Waals surface area contributed by atoms with Gasteiger partial charge in [0.25, 0.3) is 11.5 Å². The van der Waals surface area contributed by atoms with Gasteiger partial charge in [-0.3, -0.25) is 9.59 Å². The van der Waals surface area contributed by atoms with E-state index in [1.54, 1.807) is 12.3 Å². The minimum Gasteiger partial charge on any atom is -0.357 e. The zero-order valence-electron chi connectivity index (χ0n) is 16.7. The summed E-state index contributed by atoms with van der Waals surface area (Å²) in [6.07, 6.45) is 7.00. The fourth-order valence-electron chi connectivity index (χ4n) is 4.16. The van der Waals surface area contributed by atoms with Crippen LogP contribution in [0.5, 0.6) is 0 Å². The summed E-state index contributed by atoms with van der Waals surface area (Å²) < 4.78 is 0. The molecule has 4 rings (SSSR count). The molecule has 0 saturated carbocycles. The first-order valence-electron chi connectivity index (χ1n) is 10.1. The van der Waals surface area contributed by atoms with E-state index in [1.165, 1.54) is 12.8 Å². The highest BCUT2D eigenvalue weighted by molar-refractivity contribution is 5.94. The van der Waals surface area contributed by atoms with Gasteiger partial charge >= 0.3 is 0 Å². The number of rotatable bonds is 4. The van der Waals surface area contributed by atoms with Gasteiger partial charge in [0.05, 0.1) is 0 Å². The number of carbonyl (C=O) groups excluding carboxylic acids is 1. The molecule has 2 aromatic heterocycles. The van der Waals surface area contributed by atoms with Crippen molar-refractivity contribution in [2.24, 2.45) is 5.41 Å². The molecule has 148 valence electrons. The summed E-state index contributed by atoms with van der Waals surface area (Å²) in [6.45, 7) is 6.91. The molecule has 0 unspecified atom stereocenters. The molecule has 0 aromatic carbocycles. The zero-order valence-corrected chi connectivity index (χ0v) is 16.7. The van der Waals surface area contributed by atoms with Crippen LogP contribution in [0.4, 0.5) is 5.82 Å². The summed E-state index contributed by atoms with van der Waals surface area (Å²) in [5, 5.41) is 2.86. The average molecular weight is 380 g/mol. The third kappa shape index (κ3) is 3.96. The van der Waals surface area contributed by atoms with Crippen molar-refractivity contribution in [2.75, 3.05) is 18.0 Å². The smallest absolute Gasteiger partial charge is 0.261 e. The number of aromatic amines is 1. The lowest BCUT2D eigenvalue weighted by Crippen LogP contribution is -2.32. The van der Waals surface area contributed by atoms with Crippen molar-refractivity contribution in [1.82, 2.24) is 15.3 Å². The summed E-state index contributed by atoms with van der Waals surface area (Å²) >= 11 is 0. The number of H-pyrrole nitrogens is 1. The third-order valence-electron chi connectivity index (χ3n) is 5.87. The zero-order chi connectivity index (χ0) is 19.7. The number of aromatic nitrogens is 2. The van der Waals surface area contributed by atoms with Gasteiger partial charge in [0.1, 0.15) is 11.4 Å². The van der Waals surface area contributed by atoms with Crippen molar-refractivity contribution >= 4 is 11.7 Å². The van der Waals surface area contributed by atoms with E-state index in [0.29, 0.717) is 6.54 Å². The Bertz CT molecular complexity index is 925.